The zero-order valence-electron chi connectivity index (χ0n) is 16.1. The number of para-hydroxylation sites is 1. The van der Waals surface area contributed by atoms with Crippen molar-refractivity contribution in [2.45, 2.75) is 32.6 Å². The summed E-state index contributed by atoms with van der Waals surface area (Å²) in [5.74, 6) is 0.975. The van der Waals surface area contributed by atoms with Gasteiger partial charge in [-0.05, 0) is 55.5 Å². The molecule has 0 aliphatic rings. The summed E-state index contributed by atoms with van der Waals surface area (Å²) in [7, 11) is 4.08. The first-order valence-corrected chi connectivity index (χ1v) is 9.33. The summed E-state index contributed by atoms with van der Waals surface area (Å²) < 4.78 is 5.61. The number of aryl methyl sites for hydroxylation is 2. The van der Waals surface area contributed by atoms with E-state index in [1.54, 1.807) is 0 Å². The van der Waals surface area contributed by atoms with Crippen LogP contribution in [0.3, 0.4) is 0 Å². The van der Waals surface area contributed by atoms with E-state index in [0.717, 1.165) is 24.2 Å². The molecule has 26 heavy (non-hydrogen) atoms. The minimum Gasteiger partial charge on any atom is -0.494 e. The normalized spacial score (nSPS) is 10.4. The maximum absolute atomic E-state index is 12.1. The van der Waals surface area contributed by atoms with E-state index in [1.807, 2.05) is 45.3 Å². The Kier molecular flexibility index (Phi) is 8.00. The Hall–Kier alpha value is -2.49. The maximum atomic E-state index is 12.1. The molecule has 2 aromatic rings. The van der Waals surface area contributed by atoms with E-state index in [4.69, 9.17) is 4.74 Å². The molecule has 4 nitrogen and oxygen atoms in total. The van der Waals surface area contributed by atoms with Crippen LogP contribution in [0.5, 0.6) is 5.75 Å². The fourth-order valence-electron chi connectivity index (χ4n) is 2.82. The number of benzene rings is 2. The smallest absolute Gasteiger partial charge is 0.220 e. The van der Waals surface area contributed by atoms with Gasteiger partial charge < -0.3 is 15.0 Å². The van der Waals surface area contributed by atoms with Gasteiger partial charge in [0.15, 0.2) is 0 Å². The molecule has 0 atom stereocenters. The Balaban J connectivity index is 1.67. The second kappa shape index (κ2) is 10.5. The number of nitrogens with one attached hydrogen (secondary N) is 1. The quantitative estimate of drug-likeness (QED) is 0.659. The third-order valence-electron chi connectivity index (χ3n) is 4.31. The zero-order chi connectivity index (χ0) is 18.8. The molecule has 0 heterocycles. The molecule has 4 heteroatoms. The zero-order valence-corrected chi connectivity index (χ0v) is 16.1. The minimum absolute atomic E-state index is 0.0965. The fourth-order valence-corrected chi connectivity index (χ4v) is 2.82. The molecule has 0 spiro atoms. The number of hydrogen-bond donors (Lipinski definition) is 1. The van der Waals surface area contributed by atoms with Crippen molar-refractivity contribution in [3.8, 4) is 5.75 Å². The van der Waals surface area contributed by atoms with Gasteiger partial charge in [-0.3, -0.25) is 4.79 Å². The standard InChI is InChI=1S/C22H30N2O2/c1-4-26-21-10-6-5-9-19(21)13-16-22(25)23-17-7-8-18-11-14-20(15-12-18)24(2)3/h5-6,9-12,14-15H,4,7-8,13,16-17H2,1-3H3,(H,23,25). The number of carbonyl (C=O) groups is 1. The van der Waals surface area contributed by atoms with Crippen LogP contribution in [0.1, 0.15) is 30.9 Å². The minimum atomic E-state index is 0.0965. The molecule has 0 aromatic heterocycles. The van der Waals surface area contributed by atoms with Crippen LogP contribution in [-0.2, 0) is 17.6 Å². The van der Waals surface area contributed by atoms with Gasteiger partial charge in [0.25, 0.3) is 0 Å². The Morgan fingerprint density at radius 2 is 1.77 bits per heavy atom. The first-order valence-electron chi connectivity index (χ1n) is 9.33. The lowest BCUT2D eigenvalue weighted by Crippen LogP contribution is -2.25. The molecule has 2 aromatic carbocycles. The molecule has 0 aliphatic carbocycles. The summed E-state index contributed by atoms with van der Waals surface area (Å²) in [4.78, 5) is 14.2. The highest BCUT2D eigenvalue weighted by Crippen LogP contribution is 2.19. The molecule has 2 rings (SSSR count). The molecule has 0 saturated heterocycles. The number of anilines is 1. The molecule has 1 N–H and O–H groups in total. The van der Waals surface area contributed by atoms with Gasteiger partial charge in [0.05, 0.1) is 6.61 Å². The van der Waals surface area contributed by atoms with E-state index in [0.29, 0.717) is 26.0 Å². The predicted molar refractivity (Wildman–Crippen MR) is 108 cm³/mol. The topological polar surface area (TPSA) is 41.6 Å². The number of amides is 1. The van der Waals surface area contributed by atoms with Crippen molar-refractivity contribution < 1.29 is 9.53 Å². The van der Waals surface area contributed by atoms with E-state index < -0.39 is 0 Å². The third kappa shape index (κ3) is 6.43. The van der Waals surface area contributed by atoms with Crippen molar-refractivity contribution in [3.05, 3.63) is 59.7 Å². The van der Waals surface area contributed by atoms with Crippen LogP contribution in [0.15, 0.2) is 48.5 Å². The Labute approximate surface area is 157 Å². The van der Waals surface area contributed by atoms with Gasteiger partial charge in [0.1, 0.15) is 5.75 Å². The van der Waals surface area contributed by atoms with E-state index in [1.165, 1.54) is 11.3 Å². The van der Waals surface area contributed by atoms with Crippen molar-refractivity contribution in [1.82, 2.24) is 5.32 Å². The van der Waals surface area contributed by atoms with Gasteiger partial charge >= 0.3 is 0 Å². The maximum Gasteiger partial charge on any atom is 0.220 e. The highest BCUT2D eigenvalue weighted by atomic mass is 16.5. The van der Waals surface area contributed by atoms with Gasteiger partial charge in [-0.2, -0.15) is 0 Å². The number of carbonyl (C=O) groups excluding carboxylic acids is 1. The Morgan fingerprint density at radius 1 is 1.04 bits per heavy atom. The number of rotatable bonds is 10. The second-order valence-corrected chi connectivity index (χ2v) is 6.56. The molecule has 0 aliphatic heterocycles. The van der Waals surface area contributed by atoms with Crippen molar-refractivity contribution in [2.24, 2.45) is 0 Å². The highest BCUT2D eigenvalue weighted by Gasteiger charge is 2.06. The van der Waals surface area contributed by atoms with Gasteiger partial charge in [0.2, 0.25) is 5.91 Å². The summed E-state index contributed by atoms with van der Waals surface area (Å²) >= 11 is 0. The largest absolute Gasteiger partial charge is 0.494 e. The van der Waals surface area contributed by atoms with Gasteiger partial charge in [-0.15, -0.1) is 0 Å². The van der Waals surface area contributed by atoms with Crippen LogP contribution < -0.4 is 15.0 Å². The summed E-state index contributed by atoms with van der Waals surface area (Å²) in [6.45, 7) is 3.32. The molecule has 140 valence electrons. The second-order valence-electron chi connectivity index (χ2n) is 6.56. The monoisotopic (exact) mass is 354 g/mol. The molecule has 0 unspecified atom stereocenters. The van der Waals surface area contributed by atoms with Crippen molar-refractivity contribution in [1.29, 1.82) is 0 Å². The average molecular weight is 354 g/mol. The third-order valence-corrected chi connectivity index (χ3v) is 4.31. The van der Waals surface area contributed by atoms with E-state index in [2.05, 4.69) is 34.5 Å². The van der Waals surface area contributed by atoms with Crippen LogP contribution in [0.25, 0.3) is 0 Å². The lowest BCUT2D eigenvalue weighted by Gasteiger charge is -2.12. The molecular weight excluding hydrogens is 324 g/mol. The van der Waals surface area contributed by atoms with Gasteiger partial charge in [-0.25, -0.2) is 0 Å². The Morgan fingerprint density at radius 3 is 2.46 bits per heavy atom. The lowest BCUT2D eigenvalue weighted by atomic mass is 10.1. The predicted octanol–water partition coefficient (Wildman–Crippen LogP) is 3.83. The summed E-state index contributed by atoms with van der Waals surface area (Å²) in [6.07, 6.45) is 3.11. The van der Waals surface area contributed by atoms with Crippen molar-refractivity contribution >= 4 is 11.6 Å². The van der Waals surface area contributed by atoms with Gasteiger partial charge in [0, 0.05) is 32.7 Å². The van der Waals surface area contributed by atoms with E-state index in [9.17, 15) is 4.79 Å². The van der Waals surface area contributed by atoms with E-state index in [-0.39, 0.29) is 5.91 Å². The average Bonchev–Trinajstić information content (AvgIpc) is 2.65. The first-order chi connectivity index (χ1) is 12.6. The van der Waals surface area contributed by atoms with Crippen LogP contribution in [0.2, 0.25) is 0 Å². The molecule has 0 saturated carbocycles. The highest BCUT2D eigenvalue weighted by molar-refractivity contribution is 5.76. The van der Waals surface area contributed by atoms with Crippen LogP contribution in [-0.4, -0.2) is 33.2 Å². The first kappa shape index (κ1) is 19.8. The summed E-state index contributed by atoms with van der Waals surface area (Å²) in [5, 5.41) is 3.02. The molecular formula is C22H30N2O2. The van der Waals surface area contributed by atoms with E-state index >= 15 is 0 Å². The molecule has 0 fully saturated rings. The summed E-state index contributed by atoms with van der Waals surface area (Å²) in [5.41, 5.74) is 3.59. The summed E-state index contributed by atoms with van der Waals surface area (Å²) in [6, 6.07) is 16.5. The number of ether oxygens (including phenoxy) is 1. The van der Waals surface area contributed by atoms with Crippen molar-refractivity contribution in [3.63, 3.8) is 0 Å². The van der Waals surface area contributed by atoms with Crippen LogP contribution >= 0.6 is 0 Å². The SMILES string of the molecule is CCOc1ccccc1CCC(=O)NCCCc1ccc(N(C)C)cc1. The lowest BCUT2D eigenvalue weighted by molar-refractivity contribution is -0.121. The van der Waals surface area contributed by atoms with Gasteiger partial charge in [-0.1, -0.05) is 30.3 Å². The number of hydrogen-bond acceptors (Lipinski definition) is 3. The number of nitrogens with zero attached hydrogens (tertiary/aromatic N) is 1. The van der Waals surface area contributed by atoms with Crippen LogP contribution in [0, 0.1) is 0 Å². The fraction of sp³-hybridized carbons (Fsp3) is 0.409. The van der Waals surface area contributed by atoms with Crippen molar-refractivity contribution in [2.75, 3.05) is 32.1 Å². The Bertz CT molecular complexity index is 681. The van der Waals surface area contributed by atoms with Crippen LogP contribution in [0.4, 0.5) is 5.69 Å². The molecule has 0 bridgehead atoms. The molecule has 0 radical (unpaired) electrons. The molecule has 1 amide bonds.